The summed E-state index contributed by atoms with van der Waals surface area (Å²) in [5.74, 6) is 0. The van der Waals surface area contributed by atoms with Gasteiger partial charge in [-0.1, -0.05) is 81.3 Å². The fourth-order valence-corrected chi connectivity index (χ4v) is 2.99. The van der Waals surface area contributed by atoms with E-state index < -0.39 is 0 Å². The summed E-state index contributed by atoms with van der Waals surface area (Å²) in [5, 5.41) is 5.03. The molecular formula is C18H29Cl2N. The van der Waals surface area contributed by atoms with Gasteiger partial charge in [0.1, 0.15) is 0 Å². The maximum atomic E-state index is 6.31. The molecule has 1 rings (SSSR count). The quantitative estimate of drug-likeness (QED) is 0.472. The first kappa shape index (κ1) is 18.8. The maximum Gasteiger partial charge on any atom is 0.0624 e. The summed E-state index contributed by atoms with van der Waals surface area (Å²) >= 11 is 12.4. The van der Waals surface area contributed by atoms with Gasteiger partial charge < -0.3 is 5.32 Å². The third-order valence-corrected chi connectivity index (χ3v) is 4.70. The normalized spacial score (nSPS) is 12.6. The van der Waals surface area contributed by atoms with Crippen LogP contribution in [0.1, 0.15) is 64.4 Å². The minimum atomic E-state index is 0.502. The predicted octanol–water partition coefficient (Wildman–Crippen LogP) is 6.26. The van der Waals surface area contributed by atoms with Crippen LogP contribution in [0.3, 0.4) is 0 Å². The monoisotopic (exact) mass is 329 g/mol. The van der Waals surface area contributed by atoms with Crippen molar-refractivity contribution in [3.05, 3.63) is 33.8 Å². The molecule has 0 aliphatic carbocycles. The first-order valence-corrected chi connectivity index (χ1v) is 9.10. The lowest BCUT2D eigenvalue weighted by atomic mass is 9.99. The van der Waals surface area contributed by atoms with Gasteiger partial charge in [0.15, 0.2) is 0 Å². The molecule has 0 amide bonds. The molecule has 1 atom stereocenters. The molecule has 0 aliphatic heterocycles. The summed E-state index contributed by atoms with van der Waals surface area (Å²) in [4.78, 5) is 0. The van der Waals surface area contributed by atoms with E-state index in [1.54, 1.807) is 0 Å². The van der Waals surface area contributed by atoms with Crippen LogP contribution in [-0.4, -0.2) is 12.6 Å². The largest absolute Gasteiger partial charge is 0.314 e. The third kappa shape index (κ3) is 7.54. The van der Waals surface area contributed by atoms with Gasteiger partial charge in [0.2, 0.25) is 0 Å². The molecule has 0 aliphatic rings. The predicted molar refractivity (Wildman–Crippen MR) is 95.6 cm³/mol. The van der Waals surface area contributed by atoms with E-state index in [1.165, 1.54) is 38.5 Å². The number of rotatable bonds is 11. The highest BCUT2D eigenvalue weighted by atomic mass is 35.5. The molecule has 0 aromatic heterocycles. The highest BCUT2D eigenvalue weighted by molar-refractivity contribution is 6.42. The Morgan fingerprint density at radius 2 is 1.76 bits per heavy atom. The molecule has 1 aromatic rings. The zero-order chi connectivity index (χ0) is 15.5. The Morgan fingerprint density at radius 1 is 1.00 bits per heavy atom. The maximum absolute atomic E-state index is 6.31. The van der Waals surface area contributed by atoms with E-state index in [0.717, 1.165) is 24.9 Å². The Hall–Kier alpha value is -0.240. The third-order valence-electron chi connectivity index (χ3n) is 3.84. The minimum absolute atomic E-state index is 0.502. The van der Waals surface area contributed by atoms with Crippen molar-refractivity contribution in [1.82, 2.24) is 5.32 Å². The summed E-state index contributed by atoms with van der Waals surface area (Å²) < 4.78 is 0. The van der Waals surface area contributed by atoms with E-state index in [4.69, 9.17) is 23.2 Å². The van der Waals surface area contributed by atoms with Gasteiger partial charge in [-0.15, -0.1) is 0 Å². The van der Waals surface area contributed by atoms with Crippen molar-refractivity contribution in [1.29, 1.82) is 0 Å². The van der Waals surface area contributed by atoms with Crippen molar-refractivity contribution in [3.63, 3.8) is 0 Å². The van der Waals surface area contributed by atoms with Gasteiger partial charge in [0.05, 0.1) is 10.0 Å². The molecule has 1 aromatic carbocycles. The second-order valence-corrected chi connectivity index (χ2v) is 6.56. The lowest BCUT2D eigenvalue weighted by Gasteiger charge is -2.19. The van der Waals surface area contributed by atoms with E-state index >= 15 is 0 Å². The van der Waals surface area contributed by atoms with Crippen LogP contribution in [0, 0.1) is 0 Å². The Labute approximate surface area is 140 Å². The van der Waals surface area contributed by atoms with Crippen LogP contribution in [0.5, 0.6) is 0 Å². The lowest BCUT2D eigenvalue weighted by Crippen LogP contribution is -2.31. The molecule has 3 heteroatoms. The second kappa shape index (κ2) is 11.3. The summed E-state index contributed by atoms with van der Waals surface area (Å²) in [6, 6.07) is 6.43. The summed E-state index contributed by atoms with van der Waals surface area (Å²) in [6.45, 7) is 5.53. The Bertz CT molecular complexity index is 393. The lowest BCUT2D eigenvalue weighted by molar-refractivity contribution is 0.451. The smallest absolute Gasteiger partial charge is 0.0624 e. The van der Waals surface area contributed by atoms with Crippen molar-refractivity contribution in [3.8, 4) is 0 Å². The second-order valence-electron chi connectivity index (χ2n) is 5.77. The van der Waals surface area contributed by atoms with E-state index in [9.17, 15) is 0 Å². The topological polar surface area (TPSA) is 12.0 Å². The Balaban J connectivity index is 2.50. The van der Waals surface area contributed by atoms with Crippen molar-refractivity contribution in [2.45, 2.75) is 71.3 Å². The summed E-state index contributed by atoms with van der Waals surface area (Å²) in [6.07, 6.45) is 9.98. The zero-order valence-electron chi connectivity index (χ0n) is 13.4. The van der Waals surface area contributed by atoms with Gasteiger partial charge in [-0.2, -0.15) is 0 Å². The average Bonchev–Trinajstić information content (AvgIpc) is 2.48. The van der Waals surface area contributed by atoms with Crippen molar-refractivity contribution < 1.29 is 0 Å². The van der Waals surface area contributed by atoms with Crippen molar-refractivity contribution in [2.24, 2.45) is 0 Å². The molecule has 0 bridgehead atoms. The van der Waals surface area contributed by atoms with Crippen LogP contribution < -0.4 is 5.32 Å². The minimum Gasteiger partial charge on any atom is -0.314 e. The summed E-state index contributed by atoms with van der Waals surface area (Å²) in [7, 11) is 0. The number of hydrogen-bond acceptors (Lipinski definition) is 1. The molecular weight excluding hydrogens is 301 g/mol. The first-order valence-electron chi connectivity index (χ1n) is 8.35. The zero-order valence-corrected chi connectivity index (χ0v) is 14.9. The molecule has 1 N–H and O–H groups in total. The first-order chi connectivity index (χ1) is 10.2. The molecule has 0 fully saturated rings. The van der Waals surface area contributed by atoms with Crippen LogP contribution >= 0.6 is 23.2 Å². The van der Waals surface area contributed by atoms with E-state index in [1.807, 2.05) is 12.1 Å². The van der Waals surface area contributed by atoms with Crippen molar-refractivity contribution >= 4 is 23.2 Å². The van der Waals surface area contributed by atoms with Gasteiger partial charge in [-0.25, -0.2) is 0 Å². The van der Waals surface area contributed by atoms with Gasteiger partial charge in [-0.05, 0) is 37.4 Å². The Kier molecular flexibility index (Phi) is 10.2. The van der Waals surface area contributed by atoms with Crippen LogP contribution in [0.4, 0.5) is 0 Å². The van der Waals surface area contributed by atoms with Crippen LogP contribution in [0.15, 0.2) is 18.2 Å². The molecule has 0 saturated heterocycles. The molecule has 21 heavy (non-hydrogen) atoms. The highest BCUT2D eigenvalue weighted by Gasteiger charge is 2.12. The molecule has 0 radical (unpaired) electrons. The Morgan fingerprint density at radius 3 is 2.48 bits per heavy atom. The fraction of sp³-hybridized carbons (Fsp3) is 0.667. The SMILES string of the molecule is CCCCCCCC(Cc1cccc(Cl)c1Cl)NCCC. The van der Waals surface area contributed by atoms with Gasteiger partial charge in [0.25, 0.3) is 0 Å². The fourth-order valence-electron chi connectivity index (χ4n) is 2.59. The molecule has 0 saturated carbocycles. The molecule has 0 spiro atoms. The van der Waals surface area contributed by atoms with Crippen LogP contribution in [-0.2, 0) is 6.42 Å². The molecule has 120 valence electrons. The average molecular weight is 330 g/mol. The standard InChI is InChI=1S/C18H29Cl2N/c1-3-5-6-7-8-11-16(21-13-4-2)14-15-10-9-12-17(19)18(15)20/h9-10,12,16,21H,3-8,11,13-14H2,1-2H3. The van der Waals surface area contributed by atoms with Gasteiger partial charge in [-0.3, -0.25) is 0 Å². The number of halogens is 2. The van der Waals surface area contributed by atoms with Crippen molar-refractivity contribution in [2.75, 3.05) is 6.54 Å². The number of unbranched alkanes of at least 4 members (excludes halogenated alkanes) is 4. The number of nitrogens with one attached hydrogen (secondary N) is 1. The molecule has 1 unspecified atom stereocenters. The molecule has 0 heterocycles. The summed E-state index contributed by atoms with van der Waals surface area (Å²) in [5.41, 5.74) is 1.16. The highest BCUT2D eigenvalue weighted by Crippen LogP contribution is 2.27. The van der Waals surface area contributed by atoms with E-state index in [0.29, 0.717) is 16.1 Å². The van der Waals surface area contributed by atoms with Gasteiger partial charge in [0, 0.05) is 6.04 Å². The van der Waals surface area contributed by atoms with E-state index in [2.05, 4.69) is 25.2 Å². The van der Waals surface area contributed by atoms with E-state index in [-0.39, 0.29) is 0 Å². The number of hydrogen-bond donors (Lipinski definition) is 1. The van der Waals surface area contributed by atoms with Crippen LogP contribution in [0.2, 0.25) is 10.0 Å². The number of benzene rings is 1. The van der Waals surface area contributed by atoms with Crippen LogP contribution in [0.25, 0.3) is 0 Å². The molecule has 1 nitrogen and oxygen atoms in total. The van der Waals surface area contributed by atoms with Gasteiger partial charge >= 0.3 is 0 Å².